The summed E-state index contributed by atoms with van der Waals surface area (Å²) in [4.78, 5) is 15.9. The Bertz CT molecular complexity index is 810. The van der Waals surface area contributed by atoms with E-state index in [1.165, 1.54) is 4.90 Å². The number of likely N-dealkylation sites (tertiary alicyclic amines) is 1. The summed E-state index contributed by atoms with van der Waals surface area (Å²) >= 11 is 0. The molecule has 0 saturated carbocycles. The van der Waals surface area contributed by atoms with Gasteiger partial charge in [0.1, 0.15) is 23.0 Å². The molecule has 3 fully saturated rings. The zero-order chi connectivity index (χ0) is 20.9. The number of hydrogen-bond donors (Lipinski definition) is 1. The van der Waals surface area contributed by atoms with E-state index >= 15 is 0 Å². The first-order valence-corrected chi connectivity index (χ1v) is 10.3. The molecule has 156 valence electrons. The van der Waals surface area contributed by atoms with Crippen molar-refractivity contribution in [2.24, 2.45) is 0 Å². The molecule has 29 heavy (non-hydrogen) atoms. The van der Waals surface area contributed by atoms with Crippen molar-refractivity contribution in [2.75, 3.05) is 19.7 Å². The lowest BCUT2D eigenvalue weighted by atomic mass is 9.68. The van der Waals surface area contributed by atoms with Crippen molar-refractivity contribution in [1.82, 2.24) is 9.80 Å². The summed E-state index contributed by atoms with van der Waals surface area (Å²) in [6.07, 6.45) is 1.52. The Kier molecular flexibility index (Phi) is 4.85. The van der Waals surface area contributed by atoms with Crippen molar-refractivity contribution in [3.05, 3.63) is 35.9 Å². The van der Waals surface area contributed by atoms with Crippen molar-refractivity contribution >= 4 is 6.09 Å². The second-order valence-corrected chi connectivity index (χ2v) is 9.35. The maximum Gasteiger partial charge on any atom is 0.410 e. The predicted molar refractivity (Wildman–Crippen MR) is 106 cm³/mol. The Morgan fingerprint density at radius 2 is 2.00 bits per heavy atom. The highest BCUT2D eigenvalue weighted by Gasteiger charge is 2.66. The molecule has 2 unspecified atom stereocenters. The highest BCUT2D eigenvalue weighted by Crippen LogP contribution is 2.50. The van der Waals surface area contributed by atoms with Crippen molar-refractivity contribution in [2.45, 2.75) is 69.0 Å². The molecule has 3 heterocycles. The first kappa shape index (κ1) is 20.1. The highest BCUT2D eigenvalue weighted by atomic mass is 16.6. The van der Waals surface area contributed by atoms with E-state index < -0.39 is 22.8 Å². The number of hydrogen-bond acceptors (Lipinski definition) is 6. The Morgan fingerprint density at radius 1 is 1.31 bits per heavy atom. The van der Waals surface area contributed by atoms with Gasteiger partial charge in [-0.1, -0.05) is 30.3 Å². The molecule has 0 radical (unpaired) electrons. The van der Waals surface area contributed by atoms with Gasteiger partial charge in [-0.3, -0.25) is 0 Å². The molecule has 1 aromatic rings. The number of carbonyl (C=O) groups is 1. The highest BCUT2D eigenvalue weighted by molar-refractivity contribution is 5.70. The number of benzene rings is 1. The minimum Gasteiger partial charge on any atom is -0.444 e. The maximum absolute atomic E-state index is 12.4. The molecule has 0 aliphatic carbocycles. The van der Waals surface area contributed by atoms with Crippen LogP contribution in [0.25, 0.3) is 0 Å². The number of ether oxygens (including phenoxy) is 2. The van der Waals surface area contributed by atoms with Crippen LogP contribution in [-0.4, -0.2) is 63.7 Å². The number of piperidine rings is 1. The van der Waals surface area contributed by atoms with Crippen molar-refractivity contribution in [1.29, 1.82) is 5.26 Å². The molecule has 1 aromatic carbocycles. The van der Waals surface area contributed by atoms with Gasteiger partial charge < -0.3 is 19.5 Å². The van der Waals surface area contributed by atoms with Gasteiger partial charge in [-0.15, -0.1) is 0 Å². The van der Waals surface area contributed by atoms with Crippen molar-refractivity contribution in [3.63, 3.8) is 0 Å². The number of rotatable bonds is 2. The number of nitriles is 1. The zero-order valence-electron chi connectivity index (χ0n) is 17.3. The van der Waals surface area contributed by atoms with Gasteiger partial charge in [0.15, 0.2) is 0 Å². The molecule has 0 spiro atoms. The molecule has 3 aliphatic heterocycles. The van der Waals surface area contributed by atoms with E-state index in [1.54, 1.807) is 0 Å². The summed E-state index contributed by atoms with van der Waals surface area (Å²) in [7, 11) is 0. The van der Waals surface area contributed by atoms with E-state index in [1.807, 2.05) is 51.1 Å². The van der Waals surface area contributed by atoms with Gasteiger partial charge in [0.25, 0.3) is 0 Å². The first-order valence-electron chi connectivity index (χ1n) is 10.3. The molecule has 3 aliphatic rings. The maximum atomic E-state index is 12.4. The van der Waals surface area contributed by atoms with Crippen LogP contribution in [0.1, 0.15) is 51.6 Å². The number of β-amino-alcohol motifs (C(OH)–C–C–N with tert-alkyl or cyclic N) is 1. The van der Waals surface area contributed by atoms with Crippen LogP contribution in [0.2, 0.25) is 0 Å². The lowest BCUT2D eigenvalue weighted by molar-refractivity contribution is -0.199. The third-order valence-corrected chi connectivity index (χ3v) is 6.22. The summed E-state index contributed by atoms with van der Waals surface area (Å²) in [5, 5.41) is 21.9. The van der Waals surface area contributed by atoms with Gasteiger partial charge in [0, 0.05) is 0 Å². The third kappa shape index (κ3) is 3.29. The smallest absolute Gasteiger partial charge is 0.410 e. The quantitative estimate of drug-likeness (QED) is 0.823. The van der Waals surface area contributed by atoms with Crippen LogP contribution >= 0.6 is 0 Å². The average Bonchev–Trinajstić information content (AvgIpc) is 3.09. The predicted octanol–water partition coefficient (Wildman–Crippen LogP) is 2.81. The molecule has 0 aromatic heterocycles. The number of carbonyl (C=O) groups excluding carboxylic acids is 1. The molecule has 1 amide bonds. The molecule has 0 bridgehead atoms. The SMILES string of the molecule is CC(C)(C)OC(=O)N1CC(O)(C2(C#N)CCC[C@@H]3OCC(c4ccccc4)N32)C1. The van der Waals surface area contributed by atoms with Crippen LogP contribution in [0.5, 0.6) is 0 Å². The Labute approximate surface area is 171 Å². The van der Waals surface area contributed by atoms with Crippen LogP contribution in [-0.2, 0) is 9.47 Å². The number of fused-ring (bicyclic) bond motifs is 1. The van der Waals surface area contributed by atoms with Gasteiger partial charge in [-0.05, 0) is 45.6 Å². The molecular weight excluding hydrogens is 370 g/mol. The second kappa shape index (κ2) is 6.98. The molecule has 7 nitrogen and oxygen atoms in total. The van der Waals surface area contributed by atoms with E-state index in [4.69, 9.17) is 9.47 Å². The minimum atomic E-state index is -1.32. The van der Waals surface area contributed by atoms with Gasteiger partial charge in [0.2, 0.25) is 0 Å². The van der Waals surface area contributed by atoms with Crippen LogP contribution in [0.4, 0.5) is 4.79 Å². The summed E-state index contributed by atoms with van der Waals surface area (Å²) in [5.74, 6) is 0. The normalized spacial score (nSPS) is 31.5. The van der Waals surface area contributed by atoms with E-state index in [-0.39, 0.29) is 25.4 Å². The van der Waals surface area contributed by atoms with Gasteiger partial charge >= 0.3 is 6.09 Å². The number of aliphatic hydroxyl groups is 1. The summed E-state index contributed by atoms with van der Waals surface area (Å²) in [6.45, 7) is 6.09. The van der Waals surface area contributed by atoms with E-state index in [2.05, 4.69) is 11.0 Å². The third-order valence-electron chi connectivity index (χ3n) is 6.22. The molecule has 4 rings (SSSR count). The van der Waals surface area contributed by atoms with Crippen molar-refractivity contribution in [3.8, 4) is 6.07 Å². The lowest BCUT2D eigenvalue weighted by Crippen LogP contribution is -2.79. The molecule has 3 saturated heterocycles. The fourth-order valence-electron chi connectivity index (χ4n) is 4.88. The Hall–Kier alpha value is -2.14. The standard InChI is InChI=1S/C22H29N3O4/c1-20(2,3)29-19(26)24-14-22(27,15-24)21(13-23)11-7-10-18-25(21)17(12-28-18)16-8-5-4-6-9-16/h4-6,8-9,17-18,27H,7,10-12,14-15H2,1-3H3/t17?,18-,21?/m0/s1. The summed E-state index contributed by atoms with van der Waals surface area (Å²) < 4.78 is 11.5. The van der Waals surface area contributed by atoms with Crippen molar-refractivity contribution < 1.29 is 19.4 Å². The number of nitrogens with zero attached hydrogens (tertiary/aromatic N) is 3. The van der Waals surface area contributed by atoms with E-state index in [0.29, 0.717) is 13.0 Å². The minimum absolute atomic E-state index is 0.0835. The largest absolute Gasteiger partial charge is 0.444 e. The average molecular weight is 399 g/mol. The summed E-state index contributed by atoms with van der Waals surface area (Å²) in [5.41, 5.74) is -1.96. The van der Waals surface area contributed by atoms with Crippen LogP contribution in [0.3, 0.4) is 0 Å². The van der Waals surface area contributed by atoms with E-state index in [0.717, 1.165) is 18.4 Å². The Morgan fingerprint density at radius 3 is 2.62 bits per heavy atom. The molecular formula is C22H29N3O4. The van der Waals surface area contributed by atoms with Crippen LogP contribution in [0, 0.1) is 11.3 Å². The zero-order valence-corrected chi connectivity index (χ0v) is 17.3. The van der Waals surface area contributed by atoms with Crippen LogP contribution in [0.15, 0.2) is 30.3 Å². The number of amides is 1. The van der Waals surface area contributed by atoms with Gasteiger partial charge in [0.05, 0.1) is 31.8 Å². The van der Waals surface area contributed by atoms with Crippen LogP contribution < -0.4 is 0 Å². The monoisotopic (exact) mass is 399 g/mol. The molecule has 7 heteroatoms. The Balaban J connectivity index is 1.60. The fraction of sp³-hybridized carbons (Fsp3) is 0.636. The van der Waals surface area contributed by atoms with Gasteiger partial charge in [-0.25, -0.2) is 9.69 Å². The second-order valence-electron chi connectivity index (χ2n) is 9.35. The topological polar surface area (TPSA) is 86.0 Å². The van der Waals surface area contributed by atoms with Gasteiger partial charge in [-0.2, -0.15) is 5.26 Å². The fourth-order valence-corrected chi connectivity index (χ4v) is 4.88. The molecule has 3 atom stereocenters. The first-order chi connectivity index (χ1) is 13.7. The molecule has 1 N–H and O–H groups in total. The lowest BCUT2D eigenvalue weighted by Gasteiger charge is -2.59. The summed E-state index contributed by atoms with van der Waals surface area (Å²) in [6, 6.07) is 12.3. The van der Waals surface area contributed by atoms with E-state index in [9.17, 15) is 15.2 Å².